The fourth-order valence-corrected chi connectivity index (χ4v) is 4.32. The number of aliphatic hydroxyl groups is 2. The first kappa shape index (κ1) is 31.0. The zero-order valence-electron chi connectivity index (χ0n) is 25.3. The van der Waals surface area contributed by atoms with Gasteiger partial charge in [0.25, 0.3) is 11.9 Å². The quantitative estimate of drug-likeness (QED) is 0.419. The molecule has 10 heteroatoms. The van der Waals surface area contributed by atoms with Gasteiger partial charge in [-0.1, -0.05) is 48.6 Å². The lowest BCUT2D eigenvalue weighted by Gasteiger charge is -2.20. The SMILES string of the molecule is CN1C=CC(=CC=C2C=CC(=Nc3nc(N=C4C=CC(=CC=C5C=CN(C)C=C5)C=C4)nc(N(CCO)CCO)n3)C=C2)C=C1. The van der Waals surface area contributed by atoms with Crippen molar-refractivity contribution in [1.82, 2.24) is 24.8 Å². The third-order valence-corrected chi connectivity index (χ3v) is 6.81. The third kappa shape index (κ3) is 9.27. The molecular weight excluding hydrogens is 564 g/mol. The maximum Gasteiger partial charge on any atom is 0.256 e. The van der Waals surface area contributed by atoms with Crippen LogP contribution >= 0.6 is 0 Å². The van der Waals surface area contributed by atoms with Gasteiger partial charge in [-0.2, -0.15) is 15.0 Å². The number of hydrogen-bond donors (Lipinski definition) is 2. The molecule has 0 bridgehead atoms. The molecule has 0 saturated heterocycles. The normalized spacial score (nSPS) is 16.6. The molecule has 2 aliphatic heterocycles. The van der Waals surface area contributed by atoms with Crippen molar-refractivity contribution in [3.05, 3.63) is 144 Å². The second-order valence-corrected chi connectivity index (χ2v) is 10.3. The van der Waals surface area contributed by atoms with Gasteiger partial charge in [-0.05, 0) is 70.9 Å². The van der Waals surface area contributed by atoms with Crippen molar-refractivity contribution in [2.24, 2.45) is 9.98 Å². The van der Waals surface area contributed by atoms with Gasteiger partial charge in [-0.15, -0.1) is 0 Å². The topological polar surface area (TPSA) is 114 Å². The van der Waals surface area contributed by atoms with E-state index in [2.05, 4.69) is 61.4 Å². The van der Waals surface area contributed by atoms with Crippen LogP contribution in [-0.2, 0) is 0 Å². The van der Waals surface area contributed by atoms with Crippen LogP contribution in [0.2, 0.25) is 0 Å². The number of nitrogens with zero attached hydrogens (tertiary/aromatic N) is 8. The highest BCUT2D eigenvalue weighted by atomic mass is 16.3. The lowest BCUT2D eigenvalue weighted by atomic mass is 10.1. The molecule has 0 spiro atoms. The minimum atomic E-state index is -0.128. The lowest BCUT2D eigenvalue weighted by molar-refractivity contribution is 0.280. The molecule has 0 radical (unpaired) electrons. The maximum atomic E-state index is 9.59. The summed E-state index contributed by atoms with van der Waals surface area (Å²) >= 11 is 0. The van der Waals surface area contributed by atoms with Crippen LogP contribution in [0.1, 0.15) is 0 Å². The molecule has 4 aliphatic rings. The average Bonchev–Trinajstić information content (AvgIpc) is 3.05. The van der Waals surface area contributed by atoms with Gasteiger partial charge >= 0.3 is 0 Å². The average molecular weight is 601 g/mol. The van der Waals surface area contributed by atoms with Crippen LogP contribution in [0, 0.1) is 0 Å². The molecule has 0 atom stereocenters. The first-order chi connectivity index (χ1) is 22.0. The molecule has 5 rings (SSSR count). The number of aliphatic hydroxyl groups excluding tert-OH is 2. The van der Waals surface area contributed by atoms with Crippen molar-refractivity contribution in [3.63, 3.8) is 0 Å². The fraction of sp³-hybridized carbons (Fsp3) is 0.171. The maximum absolute atomic E-state index is 9.59. The van der Waals surface area contributed by atoms with Gasteiger partial charge in [0, 0.05) is 52.0 Å². The largest absolute Gasteiger partial charge is 0.395 e. The van der Waals surface area contributed by atoms with Gasteiger partial charge in [-0.25, -0.2) is 9.98 Å². The Morgan fingerprint density at radius 1 is 0.556 bits per heavy atom. The van der Waals surface area contributed by atoms with Crippen LogP contribution in [0.3, 0.4) is 0 Å². The van der Waals surface area contributed by atoms with Gasteiger partial charge in [0.1, 0.15) is 0 Å². The number of aliphatic imine (C=N–C) groups is 2. The molecule has 2 aliphatic carbocycles. The molecule has 0 unspecified atom stereocenters. The molecule has 0 saturated carbocycles. The smallest absolute Gasteiger partial charge is 0.256 e. The molecular formula is C35H36N8O2. The van der Waals surface area contributed by atoms with E-state index < -0.39 is 0 Å². The van der Waals surface area contributed by atoms with E-state index in [1.54, 1.807) is 4.90 Å². The van der Waals surface area contributed by atoms with E-state index in [4.69, 9.17) is 0 Å². The lowest BCUT2D eigenvalue weighted by Crippen LogP contribution is -2.31. The Morgan fingerprint density at radius 3 is 1.27 bits per heavy atom. The van der Waals surface area contributed by atoms with Crippen LogP contribution < -0.4 is 4.90 Å². The summed E-state index contributed by atoms with van der Waals surface area (Å²) in [4.78, 5) is 28.5. The second kappa shape index (κ2) is 15.3. The Labute approximate surface area is 263 Å². The van der Waals surface area contributed by atoms with Crippen molar-refractivity contribution < 1.29 is 10.2 Å². The Hall–Kier alpha value is -5.45. The monoisotopic (exact) mass is 600 g/mol. The Morgan fingerprint density at radius 2 is 0.911 bits per heavy atom. The molecule has 1 aromatic heterocycles. The van der Waals surface area contributed by atoms with Crippen LogP contribution in [0.15, 0.2) is 154 Å². The van der Waals surface area contributed by atoms with E-state index in [0.29, 0.717) is 11.4 Å². The van der Waals surface area contributed by atoms with E-state index in [-0.39, 0.29) is 44.1 Å². The number of rotatable bonds is 9. The standard InChI is InChI=1S/C35H36N8O2/c1-41-19-15-29(16-20-41)5-3-27-7-11-31(12-8-27)36-33-38-34(40-35(39-33)43(23-25-44)24-26-45)37-32-13-9-28(10-14-32)4-6-30-17-21-42(2)22-18-30/h3-22,44-45H,23-26H2,1-2H3. The summed E-state index contributed by atoms with van der Waals surface area (Å²) in [6, 6.07) is 0. The van der Waals surface area contributed by atoms with E-state index in [9.17, 15) is 10.2 Å². The van der Waals surface area contributed by atoms with Gasteiger partial charge in [0.05, 0.1) is 24.6 Å². The van der Waals surface area contributed by atoms with Gasteiger partial charge in [0.15, 0.2) is 0 Å². The van der Waals surface area contributed by atoms with Crippen molar-refractivity contribution in [1.29, 1.82) is 0 Å². The Balaban J connectivity index is 1.36. The number of aromatic nitrogens is 3. The molecule has 1 aromatic rings. The van der Waals surface area contributed by atoms with Crippen molar-refractivity contribution in [2.45, 2.75) is 0 Å². The summed E-state index contributed by atoms with van der Waals surface area (Å²) in [7, 11) is 3.98. The summed E-state index contributed by atoms with van der Waals surface area (Å²) in [5, 5.41) is 19.2. The highest BCUT2D eigenvalue weighted by Crippen LogP contribution is 2.21. The van der Waals surface area contributed by atoms with Crippen LogP contribution in [0.25, 0.3) is 0 Å². The summed E-state index contributed by atoms with van der Waals surface area (Å²) in [6.07, 6.45) is 39.9. The van der Waals surface area contributed by atoms with Gasteiger partial charge in [-0.3, -0.25) is 0 Å². The molecule has 2 N–H and O–H groups in total. The number of hydrogen-bond acceptors (Lipinski definition) is 10. The molecule has 0 fully saturated rings. The van der Waals surface area contributed by atoms with E-state index in [1.165, 1.54) is 0 Å². The first-order valence-electron chi connectivity index (χ1n) is 14.6. The summed E-state index contributed by atoms with van der Waals surface area (Å²) < 4.78 is 0. The van der Waals surface area contributed by atoms with Crippen LogP contribution in [-0.4, -0.2) is 86.8 Å². The highest BCUT2D eigenvalue weighted by molar-refractivity contribution is 6.07. The summed E-state index contributed by atoms with van der Waals surface area (Å²) in [5.74, 6) is 0.629. The minimum absolute atomic E-state index is 0.128. The molecule has 0 aromatic carbocycles. The predicted molar refractivity (Wildman–Crippen MR) is 181 cm³/mol. The van der Waals surface area contributed by atoms with Gasteiger partial charge < -0.3 is 24.9 Å². The van der Waals surface area contributed by atoms with E-state index in [0.717, 1.165) is 22.3 Å². The molecule has 0 amide bonds. The summed E-state index contributed by atoms with van der Waals surface area (Å²) in [5.41, 5.74) is 5.62. The first-order valence-corrected chi connectivity index (χ1v) is 14.6. The number of anilines is 1. The zero-order valence-corrected chi connectivity index (χ0v) is 25.3. The molecule has 228 valence electrons. The van der Waals surface area contributed by atoms with Crippen LogP contribution in [0.5, 0.6) is 0 Å². The van der Waals surface area contributed by atoms with E-state index in [1.807, 2.05) is 109 Å². The fourth-order valence-electron chi connectivity index (χ4n) is 4.32. The van der Waals surface area contributed by atoms with Gasteiger partial charge in [0.2, 0.25) is 5.95 Å². The molecule has 10 nitrogen and oxygen atoms in total. The van der Waals surface area contributed by atoms with Crippen molar-refractivity contribution in [3.8, 4) is 0 Å². The van der Waals surface area contributed by atoms with E-state index >= 15 is 0 Å². The third-order valence-electron chi connectivity index (χ3n) is 6.81. The molecule has 3 heterocycles. The summed E-state index contributed by atoms with van der Waals surface area (Å²) in [6.45, 7) is 0.227. The Bertz CT molecular complexity index is 1520. The molecule has 45 heavy (non-hydrogen) atoms. The van der Waals surface area contributed by atoms with Crippen molar-refractivity contribution >= 4 is 29.3 Å². The Kier molecular flexibility index (Phi) is 10.6. The minimum Gasteiger partial charge on any atom is -0.395 e. The zero-order chi connectivity index (χ0) is 31.4. The van der Waals surface area contributed by atoms with Crippen LogP contribution in [0.4, 0.5) is 17.8 Å². The predicted octanol–water partition coefficient (Wildman–Crippen LogP) is 4.71. The highest BCUT2D eigenvalue weighted by Gasteiger charge is 2.14. The second-order valence-electron chi connectivity index (χ2n) is 10.3. The number of allylic oxidation sites excluding steroid dienone is 20. The van der Waals surface area contributed by atoms with Crippen molar-refractivity contribution in [2.75, 3.05) is 45.3 Å².